The van der Waals surface area contributed by atoms with Gasteiger partial charge in [-0.2, -0.15) is 0 Å². The van der Waals surface area contributed by atoms with Gasteiger partial charge in [0.2, 0.25) is 0 Å². The van der Waals surface area contributed by atoms with Crippen molar-refractivity contribution in [2.24, 2.45) is 0 Å². The van der Waals surface area contributed by atoms with Gasteiger partial charge in [0, 0.05) is 37.9 Å². The van der Waals surface area contributed by atoms with E-state index in [1.165, 1.54) is 0 Å². The molecule has 0 aliphatic carbocycles. The molecule has 0 spiro atoms. The van der Waals surface area contributed by atoms with Crippen LogP contribution in [0.3, 0.4) is 0 Å². The minimum Gasteiger partial charge on any atom is -0.497 e. The number of piperazine rings is 1. The molecule has 2 aromatic rings. The molecule has 0 amide bonds. The molecule has 0 bridgehead atoms. The Labute approximate surface area is 131 Å². The SMILES string of the molecule is COc1ccc(-c2ccc(N3CCNCC3)nc2)cc1.Cl. The second-order valence-corrected chi connectivity index (χ2v) is 4.87. The van der Waals surface area contributed by atoms with E-state index in [0.717, 1.165) is 48.9 Å². The van der Waals surface area contributed by atoms with Gasteiger partial charge in [-0.15, -0.1) is 12.4 Å². The Hall–Kier alpha value is -1.78. The number of nitrogens with one attached hydrogen (secondary N) is 1. The van der Waals surface area contributed by atoms with Gasteiger partial charge in [0.15, 0.2) is 0 Å². The van der Waals surface area contributed by atoms with E-state index in [0.29, 0.717) is 0 Å². The van der Waals surface area contributed by atoms with Crippen molar-refractivity contribution in [3.63, 3.8) is 0 Å². The Morgan fingerprint density at radius 2 is 1.67 bits per heavy atom. The average Bonchev–Trinajstić information content (AvgIpc) is 2.56. The standard InChI is InChI=1S/C16H19N3O.ClH/c1-20-15-5-2-13(3-6-15)14-4-7-16(18-12-14)19-10-8-17-9-11-19;/h2-7,12,17H,8-11H2,1H3;1H. The Bertz CT molecular complexity index is 551. The highest BCUT2D eigenvalue weighted by molar-refractivity contribution is 5.85. The second-order valence-electron chi connectivity index (χ2n) is 4.87. The van der Waals surface area contributed by atoms with Gasteiger partial charge in [0.25, 0.3) is 0 Å². The van der Waals surface area contributed by atoms with Crippen molar-refractivity contribution in [2.75, 3.05) is 38.2 Å². The van der Waals surface area contributed by atoms with Crippen LogP contribution < -0.4 is 15.0 Å². The summed E-state index contributed by atoms with van der Waals surface area (Å²) < 4.78 is 5.18. The summed E-state index contributed by atoms with van der Waals surface area (Å²) in [6, 6.07) is 12.3. The van der Waals surface area contributed by atoms with Crippen LogP contribution in [0.4, 0.5) is 5.82 Å². The topological polar surface area (TPSA) is 37.4 Å². The fourth-order valence-electron chi connectivity index (χ4n) is 2.42. The van der Waals surface area contributed by atoms with E-state index < -0.39 is 0 Å². The van der Waals surface area contributed by atoms with Gasteiger partial charge < -0.3 is 15.0 Å². The Kier molecular flexibility index (Phi) is 5.42. The van der Waals surface area contributed by atoms with E-state index in [2.05, 4.69) is 39.5 Å². The van der Waals surface area contributed by atoms with Gasteiger partial charge in [-0.25, -0.2) is 4.98 Å². The lowest BCUT2D eigenvalue weighted by molar-refractivity contribution is 0.415. The largest absolute Gasteiger partial charge is 0.497 e. The summed E-state index contributed by atoms with van der Waals surface area (Å²) in [5.74, 6) is 1.93. The van der Waals surface area contributed by atoms with Crippen molar-refractivity contribution < 1.29 is 4.74 Å². The summed E-state index contributed by atoms with van der Waals surface area (Å²) in [6.07, 6.45) is 1.94. The zero-order valence-electron chi connectivity index (χ0n) is 12.1. The van der Waals surface area contributed by atoms with Crippen LogP contribution in [-0.2, 0) is 0 Å². The summed E-state index contributed by atoms with van der Waals surface area (Å²) in [6.45, 7) is 4.10. The number of nitrogens with zero attached hydrogens (tertiary/aromatic N) is 2. The van der Waals surface area contributed by atoms with E-state index in [1.807, 2.05) is 18.3 Å². The fourth-order valence-corrected chi connectivity index (χ4v) is 2.42. The summed E-state index contributed by atoms with van der Waals surface area (Å²) in [5.41, 5.74) is 2.29. The van der Waals surface area contributed by atoms with Crippen LogP contribution in [0.5, 0.6) is 5.75 Å². The predicted octanol–water partition coefficient (Wildman–Crippen LogP) is 2.59. The molecule has 5 heteroatoms. The zero-order chi connectivity index (χ0) is 13.8. The van der Waals surface area contributed by atoms with Gasteiger partial charge in [0.1, 0.15) is 11.6 Å². The van der Waals surface area contributed by atoms with E-state index in [1.54, 1.807) is 7.11 Å². The third kappa shape index (κ3) is 3.65. The van der Waals surface area contributed by atoms with E-state index in [9.17, 15) is 0 Å². The number of halogens is 1. The van der Waals surface area contributed by atoms with Crippen LogP contribution in [0, 0.1) is 0 Å². The van der Waals surface area contributed by atoms with Crippen LogP contribution in [0.15, 0.2) is 42.6 Å². The molecule has 1 N–H and O–H groups in total. The van der Waals surface area contributed by atoms with Gasteiger partial charge in [-0.3, -0.25) is 0 Å². The lowest BCUT2D eigenvalue weighted by Crippen LogP contribution is -2.43. The van der Waals surface area contributed by atoms with Gasteiger partial charge in [-0.1, -0.05) is 12.1 Å². The number of hydrogen-bond acceptors (Lipinski definition) is 4. The van der Waals surface area contributed by atoms with E-state index in [4.69, 9.17) is 4.74 Å². The first kappa shape index (κ1) is 15.6. The quantitative estimate of drug-likeness (QED) is 0.946. The van der Waals surface area contributed by atoms with Crippen molar-refractivity contribution in [1.82, 2.24) is 10.3 Å². The van der Waals surface area contributed by atoms with Crippen molar-refractivity contribution >= 4 is 18.2 Å². The third-order valence-corrected chi connectivity index (χ3v) is 3.61. The van der Waals surface area contributed by atoms with Crippen LogP contribution >= 0.6 is 12.4 Å². The number of ether oxygens (including phenoxy) is 1. The number of anilines is 1. The highest BCUT2D eigenvalue weighted by Crippen LogP contribution is 2.23. The number of aromatic nitrogens is 1. The molecule has 1 fully saturated rings. The number of methoxy groups -OCH3 is 1. The van der Waals surface area contributed by atoms with Gasteiger partial charge in [-0.05, 0) is 29.8 Å². The molecule has 1 aliphatic heterocycles. The molecule has 3 rings (SSSR count). The van der Waals surface area contributed by atoms with Gasteiger partial charge >= 0.3 is 0 Å². The Balaban J connectivity index is 0.00000161. The molecule has 1 aromatic heterocycles. The van der Waals surface area contributed by atoms with Gasteiger partial charge in [0.05, 0.1) is 7.11 Å². The minimum absolute atomic E-state index is 0. The highest BCUT2D eigenvalue weighted by Gasteiger charge is 2.11. The van der Waals surface area contributed by atoms with Crippen molar-refractivity contribution in [3.8, 4) is 16.9 Å². The summed E-state index contributed by atoms with van der Waals surface area (Å²) >= 11 is 0. The monoisotopic (exact) mass is 305 g/mol. The molecule has 4 nitrogen and oxygen atoms in total. The first-order chi connectivity index (χ1) is 9.86. The highest BCUT2D eigenvalue weighted by atomic mass is 35.5. The van der Waals surface area contributed by atoms with Crippen LogP contribution in [0.2, 0.25) is 0 Å². The van der Waals surface area contributed by atoms with Crippen LogP contribution in [0.25, 0.3) is 11.1 Å². The first-order valence-corrected chi connectivity index (χ1v) is 6.93. The lowest BCUT2D eigenvalue weighted by atomic mass is 10.1. The molecule has 1 aromatic carbocycles. The van der Waals surface area contributed by atoms with Crippen molar-refractivity contribution in [2.45, 2.75) is 0 Å². The molecule has 0 saturated carbocycles. The van der Waals surface area contributed by atoms with Crippen molar-refractivity contribution in [3.05, 3.63) is 42.6 Å². The second kappa shape index (κ2) is 7.29. The number of benzene rings is 1. The molecular formula is C16H20ClN3O. The Morgan fingerprint density at radius 1 is 1.00 bits per heavy atom. The predicted molar refractivity (Wildman–Crippen MR) is 88.6 cm³/mol. The molecule has 0 unspecified atom stereocenters. The summed E-state index contributed by atoms with van der Waals surface area (Å²) in [7, 11) is 1.68. The molecule has 0 atom stereocenters. The molecule has 2 heterocycles. The van der Waals surface area contributed by atoms with E-state index >= 15 is 0 Å². The lowest BCUT2D eigenvalue weighted by Gasteiger charge is -2.28. The minimum atomic E-state index is 0. The smallest absolute Gasteiger partial charge is 0.128 e. The third-order valence-electron chi connectivity index (χ3n) is 3.61. The number of pyridine rings is 1. The maximum atomic E-state index is 5.18. The first-order valence-electron chi connectivity index (χ1n) is 6.93. The maximum Gasteiger partial charge on any atom is 0.128 e. The van der Waals surface area contributed by atoms with Crippen LogP contribution in [-0.4, -0.2) is 38.3 Å². The normalized spacial score (nSPS) is 14.4. The van der Waals surface area contributed by atoms with Crippen molar-refractivity contribution in [1.29, 1.82) is 0 Å². The average molecular weight is 306 g/mol. The Morgan fingerprint density at radius 3 is 2.24 bits per heavy atom. The number of hydrogen-bond donors (Lipinski definition) is 1. The molecular weight excluding hydrogens is 286 g/mol. The molecule has 0 radical (unpaired) electrons. The molecule has 112 valence electrons. The maximum absolute atomic E-state index is 5.18. The number of rotatable bonds is 3. The fraction of sp³-hybridized carbons (Fsp3) is 0.312. The molecule has 21 heavy (non-hydrogen) atoms. The summed E-state index contributed by atoms with van der Waals surface area (Å²) in [4.78, 5) is 6.90. The molecule has 1 aliphatic rings. The summed E-state index contributed by atoms with van der Waals surface area (Å²) in [5, 5.41) is 3.35. The zero-order valence-corrected chi connectivity index (χ0v) is 12.9. The molecule has 1 saturated heterocycles. The van der Waals surface area contributed by atoms with E-state index in [-0.39, 0.29) is 12.4 Å². The van der Waals surface area contributed by atoms with Crippen LogP contribution in [0.1, 0.15) is 0 Å².